The van der Waals surface area contributed by atoms with Gasteiger partial charge in [0.2, 0.25) is 5.91 Å². The van der Waals surface area contributed by atoms with Crippen LogP contribution in [0.15, 0.2) is 30.2 Å². The molecular formula is C15H24N2O3S. The summed E-state index contributed by atoms with van der Waals surface area (Å²) < 4.78 is 5.03. The van der Waals surface area contributed by atoms with Crippen molar-refractivity contribution in [2.24, 2.45) is 0 Å². The van der Waals surface area contributed by atoms with Gasteiger partial charge >= 0.3 is 0 Å². The second-order valence-electron chi connectivity index (χ2n) is 4.63. The molecular weight excluding hydrogens is 288 g/mol. The molecule has 0 spiro atoms. The van der Waals surface area contributed by atoms with Gasteiger partial charge in [0.15, 0.2) is 0 Å². The third kappa shape index (κ3) is 6.86. The highest BCUT2D eigenvalue weighted by Crippen LogP contribution is 2.12. The van der Waals surface area contributed by atoms with Crippen molar-refractivity contribution in [2.75, 3.05) is 46.5 Å². The van der Waals surface area contributed by atoms with Crippen molar-refractivity contribution in [1.82, 2.24) is 9.80 Å². The van der Waals surface area contributed by atoms with E-state index in [0.717, 1.165) is 4.88 Å². The monoisotopic (exact) mass is 312 g/mol. The third-order valence-electron chi connectivity index (χ3n) is 3.02. The van der Waals surface area contributed by atoms with Crippen molar-refractivity contribution < 1.29 is 14.6 Å². The highest BCUT2D eigenvalue weighted by molar-refractivity contribution is 7.09. The molecule has 1 N–H and O–H groups in total. The summed E-state index contributed by atoms with van der Waals surface area (Å²) in [6.07, 6.45) is 1.73. The maximum absolute atomic E-state index is 12.4. The molecule has 0 saturated carbocycles. The largest absolute Gasteiger partial charge is 0.395 e. The van der Waals surface area contributed by atoms with Gasteiger partial charge in [-0.05, 0) is 11.4 Å². The Labute approximate surface area is 130 Å². The van der Waals surface area contributed by atoms with Crippen LogP contribution in [0.25, 0.3) is 0 Å². The van der Waals surface area contributed by atoms with E-state index in [4.69, 9.17) is 9.84 Å². The summed E-state index contributed by atoms with van der Waals surface area (Å²) in [5, 5.41) is 11.1. The van der Waals surface area contributed by atoms with Gasteiger partial charge in [0, 0.05) is 31.6 Å². The SMILES string of the molecule is C=CCN(Cc1cccs1)C(=O)CN(CCO)CCOC. The van der Waals surface area contributed by atoms with Crippen molar-refractivity contribution in [2.45, 2.75) is 6.54 Å². The Balaban J connectivity index is 2.58. The highest BCUT2D eigenvalue weighted by Gasteiger charge is 2.17. The normalized spacial score (nSPS) is 10.8. The van der Waals surface area contributed by atoms with E-state index < -0.39 is 0 Å². The molecule has 1 rings (SSSR count). The van der Waals surface area contributed by atoms with Crippen LogP contribution in [0.5, 0.6) is 0 Å². The number of thiophene rings is 1. The zero-order chi connectivity index (χ0) is 15.5. The molecule has 0 unspecified atom stereocenters. The topological polar surface area (TPSA) is 53.0 Å². The fourth-order valence-electron chi connectivity index (χ4n) is 1.92. The molecule has 0 aliphatic rings. The molecule has 0 fully saturated rings. The van der Waals surface area contributed by atoms with Crippen LogP contribution in [0.4, 0.5) is 0 Å². The van der Waals surface area contributed by atoms with E-state index in [1.54, 1.807) is 29.4 Å². The number of aliphatic hydroxyl groups is 1. The quantitative estimate of drug-likeness (QED) is 0.624. The molecule has 1 aromatic rings. The first-order valence-electron chi connectivity index (χ1n) is 6.94. The summed E-state index contributed by atoms with van der Waals surface area (Å²) in [4.78, 5) is 17.2. The number of aliphatic hydroxyl groups excluding tert-OH is 1. The predicted octanol–water partition coefficient (Wildman–Crippen LogP) is 1.20. The van der Waals surface area contributed by atoms with Crippen molar-refractivity contribution >= 4 is 17.2 Å². The van der Waals surface area contributed by atoms with Gasteiger partial charge in [-0.15, -0.1) is 17.9 Å². The second kappa shape index (κ2) is 10.5. The van der Waals surface area contributed by atoms with Crippen molar-refractivity contribution in [3.8, 4) is 0 Å². The Morgan fingerprint density at radius 3 is 2.90 bits per heavy atom. The van der Waals surface area contributed by atoms with Gasteiger partial charge in [-0.1, -0.05) is 12.1 Å². The Bertz CT molecular complexity index is 409. The van der Waals surface area contributed by atoms with Crippen LogP contribution in [0.1, 0.15) is 4.88 Å². The maximum Gasteiger partial charge on any atom is 0.237 e. The molecule has 1 aromatic heterocycles. The van der Waals surface area contributed by atoms with Gasteiger partial charge in [0.25, 0.3) is 0 Å². The van der Waals surface area contributed by atoms with Crippen LogP contribution >= 0.6 is 11.3 Å². The lowest BCUT2D eigenvalue weighted by atomic mass is 10.3. The van der Waals surface area contributed by atoms with E-state index in [1.165, 1.54) is 0 Å². The van der Waals surface area contributed by atoms with Gasteiger partial charge in [-0.2, -0.15) is 0 Å². The molecule has 118 valence electrons. The predicted molar refractivity (Wildman–Crippen MR) is 85.3 cm³/mol. The first kappa shape index (κ1) is 17.8. The fourth-order valence-corrected chi connectivity index (χ4v) is 2.64. The van der Waals surface area contributed by atoms with E-state index in [0.29, 0.717) is 32.8 Å². The number of nitrogens with zero attached hydrogens (tertiary/aromatic N) is 2. The number of carbonyl (C=O) groups excluding carboxylic acids is 1. The van der Waals surface area contributed by atoms with E-state index in [9.17, 15) is 4.79 Å². The highest BCUT2D eigenvalue weighted by atomic mass is 32.1. The fraction of sp³-hybridized carbons (Fsp3) is 0.533. The Morgan fingerprint density at radius 1 is 1.52 bits per heavy atom. The molecule has 0 saturated heterocycles. The van der Waals surface area contributed by atoms with Crippen molar-refractivity contribution in [3.63, 3.8) is 0 Å². The number of hydrogen-bond acceptors (Lipinski definition) is 5. The van der Waals surface area contributed by atoms with Gasteiger partial charge in [0.1, 0.15) is 0 Å². The van der Waals surface area contributed by atoms with E-state index in [2.05, 4.69) is 6.58 Å². The Kier molecular flexibility index (Phi) is 8.93. The lowest BCUT2D eigenvalue weighted by Gasteiger charge is -2.26. The standard InChI is InChI=1S/C15H24N2O3S/c1-3-6-17(12-14-5-4-11-21-14)15(19)13-16(7-9-18)8-10-20-2/h3-5,11,18H,1,6-10,12-13H2,2H3. The first-order chi connectivity index (χ1) is 10.2. The lowest BCUT2D eigenvalue weighted by molar-refractivity contribution is -0.132. The van der Waals surface area contributed by atoms with Gasteiger partial charge in [-0.25, -0.2) is 0 Å². The first-order valence-corrected chi connectivity index (χ1v) is 7.82. The molecule has 0 atom stereocenters. The van der Waals surface area contributed by atoms with Crippen LogP contribution in [0.3, 0.4) is 0 Å². The number of carbonyl (C=O) groups is 1. The lowest BCUT2D eigenvalue weighted by Crippen LogP contribution is -2.42. The molecule has 0 aliphatic heterocycles. The molecule has 6 heteroatoms. The summed E-state index contributed by atoms with van der Waals surface area (Å²) in [6, 6.07) is 4.00. The Hall–Kier alpha value is -1.21. The van der Waals surface area contributed by atoms with Crippen LogP contribution in [0.2, 0.25) is 0 Å². The summed E-state index contributed by atoms with van der Waals surface area (Å²) in [5.74, 6) is 0.0350. The maximum atomic E-state index is 12.4. The number of ether oxygens (including phenoxy) is 1. The zero-order valence-corrected chi connectivity index (χ0v) is 13.3. The second-order valence-corrected chi connectivity index (χ2v) is 5.67. The van der Waals surface area contributed by atoms with E-state index in [1.807, 2.05) is 22.4 Å². The molecule has 0 aliphatic carbocycles. The number of amides is 1. The van der Waals surface area contributed by atoms with Crippen molar-refractivity contribution in [1.29, 1.82) is 0 Å². The third-order valence-corrected chi connectivity index (χ3v) is 3.88. The average molecular weight is 312 g/mol. The zero-order valence-electron chi connectivity index (χ0n) is 12.5. The molecule has 1 heterocycles. The molecule has 0 bridgehead atoms. The van der Waals surface area contributed by atoms with Crippen LogP contribution < -0.4 is 0 Å². The summed E-state index contributed by atoms with van der Waals surface area (Å²) in [5.41, 5.74) is 0. The van der Waals surface area contributed by atoms with Crippen LogP contribution in [-0.2, 0) is 16.1 Å². The van der Waals surface area contributed by atoms with Gasteiger partial charge < -0.3 is 14.7 Å². The van der Waals surface area contributed by atoms with Crippen LogP contribution in [0, 0.1) is 0 Å². The van der Waals surface area contributed by atoms with Crippen molar-refractivity contribution in [3.05, 3.63) is 35.0 Å². The van der Waals surface area contributed by atoms with E-state index in [-0.39, 0.29) is 19.1 Å². The van der Waals surface area contributed by atoms with Gasteiger partial charge in [0.05, 0.1) is 26.3 Å². The minimum Gasteiger partial charge on any atom is -0.395 e. The number of rotatable bonds is 11. The molecule has 21 heavy (non-hydrogen) atoms. The smallest absolute Gasteiger partial charge is 0.237 e. The van der Waals surface area contributed by atoms with E-state index >= 15 is 0 Å². The molecule has 0 radical (unpaired) electrons. The summed E-state index contributed by atoms with van der Waals surface area (Å²) in [6.45, 7) is 6.78. The Morgan fingerprint density at radius 2 is 2.33 bits per heavy atom. The van der Waals surface area contributed by atoms with Gasteiger partial charge in [-0.3, -0.25) is 9.69 Å². The number of hydrogen-bond donors (Lipinski definition) is 1. The molecule has 5 nitrogen and oxygen atoms in total. The minimum absolute atomic E-state index is 0.0311. The molecule has 1 amide bonds. The molecule has 0 aromatic carbocycles. The van der Waals surface area contributed by atoms with Crippen LogP contribution in [-0.4, -0.2) is 67.3 Å². The summed E-state index contributed by atoms with van der Waals surface area (Å²) >= 11 is 1.64. The summed E-state index contributed by atoms with van der Waals surface area (Å²) in [7, 11) is 1.62. The minimum atomic E-state index is 0.0311. The number of methoxy groups -OCH3 is 1. The average Bonchev–Trinajstić information content (AvgIpc) is 2.97.